The minimum absolute atomic E-state index is 0.711. The Balaban J connectivity index is 1.67. The third-order valence-corrected chi connectivity index (χ3v) is 4.73. The lowest BCUT2D eigenvalue weighted by atomic mass is 10.0. The second-order valence-electron chi connectivity index (χ2n) is 5.94. The van der Waals surface area contributed by atoms with E-state index in [2.05, 4.69) is 47.9 Å². The van der Waals surface area contributed by atoms with Crippen molar-refractivity contribution in [2.45, 2.75) is 45.3 Å². The maximum atomic E-state index is 2.69. The zero-order chi connectivity index (χ0) is 12.5. The highest BCUT2D eigenvalue weighted by atomic mass is 15.3. The topological polar surface area (TPSA) is 6.48 Å². The van der Waals surface area contributed by atoms with Crippen LogP contribution >= 0.6 is 0 Å². The summed E-state index contributed by atoms with van der Waals surface area (Å²) in [6.45, 7) is 9.51. The molecule has 2 fully saturated rings. The number of aryl methyl sites for hydroxylation is 1. The van der Waals surface area contributed by atoms with E-state index in [-0.39, 0.29) is 0 Å². The first-order valence-corrected chi connectivity index (χ1v) is 7.28. The van der Waals surface area contributed by atoms with Crippen molar-refractivity contribution in [3.8, 4) is 0 Å². The third-order valence-electron chi connectivity index (χ3n) is 4.73. The molecule has 2 nitrogen and oxygen atoms in total. The largest absolute Gasteiger partial charge is 0.298 e. The standard InChI is InChI=1S/C16H24N2/c1-13-5-7-15(8-6-13)12-18-11-10-17-9-3-4-16(17)14(18)2/h5-8,14,16H,3-4,9-12H2,1-2H3. The summed E-state index contributed by atoms with van der Waals surface area (Å²) in [5.41, 5.74) is 2.81. The average molecular weight is 244 g/mol. The van der Waals surface area contributed by atoms with Gasteiger partial charge in [0.2, 0.25) is 0 Å². The van der Waals surface area contributed by atoms with E-state index in [0.717, 1.165) is 12.6 Å². The summed E-state index contributed by atoms with van der Waals surface area (Å²) in [4.78, 5) is 5.35. The minimum Gasteiger partial charge on any atom is -0.298 e. The Morgan fingerprint density at radius 1 is 1.11 bits per heavy atom. The smallest absolute Gasteiger partial charge is 0.0250 e. The van der Waals surface area contributed by atoms with Crippen LogP contribution in [-0.2, 0) is 6.54 Å². The third kappa shape index (κ3) is 2.32. The normalized spacial score (nSPS) is 29.4. The fraction of sp³-hybridized carbons (Fsp3) is 0.625. The first-order valence-electron chi connectivity index (χ1n) is 7.28. The highest BCUT2D eigenvalue weighted by Gasteiger charge is 2.36. The Bertz CT molecular complexity index is 398. The number of hydrogen-bond acceptors (Lipinski definition) is 2. The van der Waals surface area contributed by atoms with E-state index in [1.165, 1.54) is 43.6 Å². The summed E-state index contributed by atoms with van der Waals surface area (Å²) in [6, 6.07) is 10.5. The molecule has 2 saturated heterocycles. The molecule has 18 heavy (non-hydrogen) atoms. The Morgan fingerprint density at radius 2 is 1.89 bits per heavy atom. The van der Waals surface area contributed by atoms with Gasteiger partial charge in [0.15, 0.2) is 0 Å². The summed E-state index contributed by atoms with van der Waals surface area (Å²) in [5, 5.41) is 0. The molecule has 98 valence electrons. The van der Waals surface area contributed by atoms with Gasteiger partial charge in [-0.3, -0.25) is 9.80 Å². The van der Waals surface area contributed by atoms with Crippen LogP contribution in [0.1, 0.15) is 30.9 Å². The SMILES string of the molecule is Cc1ccc(CN2CCN3CCCC3C2C)cc1. The number of piperazine rings is 1. The van der Waals surface area contributed by atoms with Crippen molar-refractivity contribution in [2.24, 2.45) is 0 Å². The van der Waals surface area contributed by atoms with E-state index >= 15 is 0 Å². The fourth-order valence-corrected chi connectivity index (χ4v) is 3.53. The van der Waals surface area contributed by atoms with Crippen LogP contribution in [0.4, 0.5) is 0 Å². The summed E-state index contributed by atoms with van der Waals surface area (Å²) in [5.74, 6) is 0. The van der Waals surface area contributed by atoms with E-state index in [1.54, 1.807) is 0 Å². The van der Waals surface area contributed by atoms with Gasteiger partial charge < -0.3 is 0 Å². The Hall–Kier alpha value is -0.860. The lowest BCUT2D eigenvalue weighted by Gasteiger charge is -2.43. The number of rotatable bonds is 2. The van der Waals surface area contributed by atoms with Gasteiger partial charge in [0.05, 0.1) is 0 Å². The zero-order valence-corrected chi connectivity index (χ0v) is 11.6. The maximum Gasteiger partial charge on any atom is 0.0250 e. The Kier molecular flexibility index (Phi) is 3.40. The average Bonchev–Trinajstić information content (AvgIpc) is 2.84. The van der Waals surface area contributed by atoms with Gasteiger partial charge in [-0.25, -0.2) is 0 Å². The summed E-state index contributed by atoms with van der Waals surface area (Å²) < 4.78 is 0. The monoisotopic (exact) mass is 244 g/mol. The van der Waals surface area contributed by atoms with E-state index in [4.69, 9.17) is 0 Å². The van der Waals surface area contributed by atoms with Gasteiger partial charge >= 0.3 is 0 Å². The minimum atomic E-state index is 0.711. The molecular weight excluding hydrogens is 220 g/mol. The molecular formula is C16H24N2. The molecule has 0 saturated carbocycles. The fourth-order valence-electron chi connectivity index (χ4n) is 3.53. The first kappa shape index (κ1) is 12.2. The van der Waals surface area contributed by atoms with Crippen molar-refractivity contribution >= 4 is 0 Å². The quantitative estimate of drug-likeness (QED) is 0.789. The molecule has 1 aromatic carbocycles. The molecule has 0 radical (unpaired) electrons. The van der Waals surface area contributed by atoms with Gasteiger partial charge in [-0.2, -0.15) is 0 Å². The van der Waals surface area contributed by atoms with Crippen LogP contribution in [-0.4, -0.2) is 41.5 Å². The highest BCUT2D eigenvalue weighted by molar-refractivity contribution is 5.21. The van der Waals surface area contributed by atoms with Crippen LogP contribution in [0.15, 0.2) is 24.3 Å². The molecule has 0 spiro atoms. The molecule has 0 aliphatic carbocycles. The number of benzene rings is 1. The van der Waals surface area contributed by atoms with Gasteiger partial charge in [-0.15, -0.1) is 0 Å². The van der Waals surface area contributed by atoms with Crippen molar-refractivity contribution in [1.82, 2.24) is 9.80 Å². The van der Waals surface area contributed by atoms with Gasteiger partial charge in [0.25, 0.3) is 0 Å². The van der Waals surface area contributed by atoms with Crippen LogP contribution in [0.2, 0.25) is 0 Å². The van der Waals surface area contributed by atoms with Crippen molar-refractivity contribution in [1.29, 1.82) is 0 Å². The number of fused-ring (bicyclic) bond motifs is 1. The zero-order valence-electron chi connectivity index (χ0n) is 11.6. The van der Waals surface area contributed by atoms with Crippen LogP contribution in [0.3, 0.4) is 0 Å². The predicted molar refractivity (Wildman–Crippen MR) is 75.6 cm³/mol. The molecule has 2 aliphatic heterocycles. The van der Waals surface area contributed by atoms with Gasteiger partial charge in [0.1, 0.15) is 0 Å². The summed E-state index contributed by atoms with van der Waals surface area (Å²) in [6.07, 6.45) is 2.79. The van der Waals surface area contributed by atoms with Crippen molar-refractivity contribution in [3.05, 3.63) is 35.4 Å². The summed E-state index contributed by atoms with van der Waals surface area (Å²) >= 11 is 0. The van der Waals surface area contributed by atoms with Crippen molar-refractivity contribution < 1.29 is 0 Å². The van der Waals surface area contributed by atoms with E-state index in [1.807, 2.05) is 0 Å². The van der Waals surface area contributed by atoms with Crippen LogP contribution in [0.5, 0.6) is 0 Å². The van der Waals surface area contributed by atoms with Gasteiger partial charge in [0, 0.05) is 31.7 Å². The molecule has 0 amide bonds. The van der Waals surface area contributed by atoms with Gasteiger partial charge in [-0.05, 0) is 38.8 Å². The Morgan fingerprint density at radius 3 is 2.67 bits per heavy atom. The maximum absolute atomic E-state index is 2.69. The molecule has 2 aliphatic rings. The molecule has 2 heteroatoms. The van der Waals surface area contributed by atoms with Crippen LogP contribution in [0.25, 0.3) is 0 Å². The molecule has 2 heterocycles. The van der Waals surface area contributed by atoms with E-state index in [9.17, 15) is 0 Å². The molecule has 0 bridgehead atoms. The molecule has 2 unspecified atom stereocenters. The molecule has 0 N–H and O–H groups in total. The molecule has 3 rings (SSSR count). The molecule has 2 atom stereocenters. The van der Waals surface area contributed by atoms with Gasteiger partial charge in [-0.1, -0.05) is 29.8 Å². The highest BCUT2D eigenvalue weighted by Crippen LogP contribution is 2.27. The predicted octanol–water partition coefficient (Wildman–Crippen LogP) is 2.66. The van der Waals surface area contributed by atoms with Crippen LogP contribution in [0, 0.1) is 6.92 Å². The van der Waals surface area contributed by atoms with E-state index < -0.39 is 0 Å². The number of nitrogens with zero attached hydrogens (tertiary/aromatic N) is 2. The number of hydrogen-bond donors (Lipinski definition) is 0. The van der Waals surface area contributed by atoms with Crippen LogP contribution < -0.4 is 0 Å². The second-order valence-corrected chi connectivity index (χ2v) is 5.94. The second kappa shape index (κ2) is 5.02. The van der Waals surface area contributed by atoms with Crippen molar-refractivity contribution in [3.63, 3.8) is 0 Å². The lowest BCUT2D eigenvalue weighted by Crippen LogP contribution is -2.55. The van der Waals surface area contributed by atoms with Crippen molar-refractivity contribution in [2.75, 3.05) is 19.6 Å². The summed E-state index contributed by atoms with van der Waals surface area (Å²) in [7, 11) is 0. The Labute approximate surface area is 111 Å². The lowest BCUT2D eigenvalue weighted by molar-refractivity contribution is 0.0470. The molecule has 1 aromatic rings. The first-order chi connectivity index (χ1) is 8.74. The van der Waals surface area contributed by atoms with E-state index in [0.29, 0.717) is 6.04 Å². The molecule has 0 aromatic heterocycles.